The fourth-order valence-electron chi connectivity index (χ4n) is 1.56. The lowest BCUT2D eigenvalue weighted by molar-refractivity contribution is 0.313. The van der Waals surface area contributed by atoms with Crippen LogP contribution in [0.15, 0.2) is 36.7 Å². The summed E-state index contributed by atoms with van der Waals surface area (Å²) in [4.78, 5) is 6.23. The van der Waals surface area contributed by atoms with E-state index in [9.17, 15) is 0 Å². The van der Waals surface area contributed by atoms with Gasteiger partial charge in [0.05, 0.1) is 5.69 Å². The Bertz CT molecular complexity index is 458. The van der Waals surface area contributed by atoms with Gasteiger partial charge in [0.25, 0.3) is 0 Å². The molecule has 0 N–H and O–H groups in total. The Morgan fingerprint density at radius 3 is 2.71 bits per heavy atom. The van der Waals surface area contributed by atoms with Crippen LogP contribution >= 0.6 is 11.6 Å². The molecule has 0 aliphatic carbocycles. The molecule has 2 aromatic heterocycles. The Morgan fingerprint density at radius 2 is 2.06 bits per heavy atom. The van der Waals surface area contributed by atoms with Gasteiger partial charge < -0.3 is 0 Å². The van der Waals surface area contributed by atoms with Crippen LogP contribution in [0.3, 0.4) is 0 Å². The zero-order valence-corrected chi connectivity index (χ0v) is 10.3. The van der Waals surface area contributed by atoms with Gasteiger partial charge in [0.15, 0.2) is 5.15 Å². The largest absolute Gasteiger partial charge is 0.296 e. The Labute approximate surface area is 105 Å². The van der Waals surface area contributed by atoms with E-state index in [1.54, 1.807) is 12.3 Å². The highest BCUT2D eigenvalue weighted by atomic mass is 35.5. The van der Waals surface area contributed by atoms with Crippen LogP contribution in [0.1, 0.15) is 11.3 Å². The number of pyridine rings is 1. The minimum Gasteiger partial charge on any atom is -0.296 e. The van der Waals surface area contributed by atoms with E-state index in [1.807, 2.05) is 25.4 Å². The molecule has 0 saturated heterocycles. The first-order chi connectivity index (χ1) is 8.24. The molecule has 0 unspecified atom stereocenters. The predicted molar refractivity (Wildman–Crippen MR) is 66.5 cm³/mol. The van der Waals surface area contributed by atoms with Gasteiger partial charge in [0.1, 0.15) is 0 Å². The van der Waals surface area contributed by atoms with Gasteiger partial charge in [-0.2, -0.15) is 5.10 Å². The standard InChI is InChI=1S/C12H13ClN4/c1-17(8-10-3-2-6-14-7-10)9-11-4-5-12(13)16-15-11/h2-7H,8-9H2,1H3. The topological polar surface area (TPSA) is 41.9 Å². The molecule has 0 saturated carbocycles. The van der Waals surface area contributed by atoms with E-state index in [-0.39, 0.29) is 0 Å². The van der Waals surface area contributed by atoms with Crippen LogP contribution in [-0.4, -0.2) is 27.1 Å². The Morgan fingerprint density at radius 1 is 1.18 bits per heavy atom. The van der Waals surface area contributed by atoms with Crippen LogP contribution in [0.4, 0.5) is 0 Å². The van der Waals surface area contributed by atoms with Crippen LogP contribution in [0.5, 0.6) is 0 Å². The molecule has 88 valence electrons. The minimum atomic E-state index is 0.420. The van der Waals surface area contributed by atoms with Crippen molar-refractivity contribution in [1.29, 1.82) is 0 Å². The van der Waals surface area contributed by atoms with Crippen molar-refractivity contribution in [2.24, 2.45) is 0 Å². The molecule has 5 heteroatoms. The van der Waals surface area contributed by atoms with Gasteiger partial charge in [-0.25, -0.2) is 0 Å². The molecule has 0 aliphatic rings. The maximum atomic E-state index is 5.68. The molecular formula is C12H13ClN4. The monoisotopic (exact) mass is 248 g/mol. The van der Waals surface area contributed by atoms with E-state index in [0.717, 1.165) is 18.8 Å². The molecule has 0 atom stereocenters. The average molecular weight is 249 g/mol. The predicted octanol–water partition coefficient (Wildman–Crippen LogP) is 2.16. The Hall–Kier alpha value is -1.52. The maximum Gasteiger partial charge on any atom is 0.151 e. The summed E-state index contributed by atoms with van der Waals surface area (Å²) in [7, 11) is 2.03. The third kappa shape index (κ3) is 3.76. The Balaban J connectivity index is 1.93. The molecule has 2 rings (SSSR count). The first-order valence-electron chi connectivity index (χ1n) is 5.29. The SMILES string of the molecule is CN(Cc1cccnc1)Cc1ccc(Cl)nn1. The second-order valence-electron chi connectivity index (χ2n) is 3.88. The smallest absolute Gasteiger partial charge is 0.151 e. The highest BCUT2D eigenvalue weighted by Gasteiger charge is 2.03. The number of rotatable bonds is 4. The molecule has 2 aromatic rings. The van der Waals surface area contributed by atoms with Crippen LogP contribution in [-0.2, 0) is 13.1 Å². The van der Waals surface area contributed by atoms with Crippen molar-refractivity contribution in [2.75, 3.05) is 7.05 Å². The number of hydrogen-bond donors (Lipinski definition) is 0. The van der Waals surface area contributed by atoms with Crippen LogP contribution in [0.25, 0.3) is 0 Å². The second-order valence-corrected chi connectivity index (χ2v) is 4.27. The van der Waals surface area contributed by atoms with E-state index in [1.165, 1.54) is 5.56 Å². The van der Waals surface area contributed by atoms with Crippen molar-refractivity contribution in [3.8, 4) is 0 Å². The van der Waals surface area contributed by atoms with Crippen molar-refractivity contribution in [3.05, 3.63) is 53.1 Å². The molecule has 17 heavy (non-hydrogen) atoms. The van der Waals surface area contributed by atoms with E-state index >= 15 is 0 Å². The first-order valence-corrected chi connectivity index (χ1v) is 5.67. The normalized spacial score (nSPS) is 10.8. The fourth-order valence-corrected chi connectivity index (χ4v) is 1.66. The van der Waals surface area contributed by atoms with Crippen molar-refractivity contribution < 1.29 is 0 Å². The summed E-state index contributed by atoms with van der Waals surface area (Å²) in [5.41, 5.74) is 2.08. The lowest BCUT2D eigenvalue weighted by Crippen LogP contribution is -2.18. The fraction of sp³-hybridized carbons (Fsp3) is 0.250. The number of halogens is 1. The molecule has 0 amide bonds. The summed E-state index contributed by atoms with van der Waals surface area (Å²) in [6, 6.07) is 7.62. The third-order valence-electron chi connectivity index (χ3n) is 2.29. The van der Waals surface area contributed by atoms with Gasteiger partial charge in [-0.05, 0) is 30.8 Å². The van der Waals surface area contributed by atoms with Gasteiger partial charge in [0, 0.05) is 25.5 Å². The second kappa shape index (κ2) is 5.70. The molecule has 0 fully saturated rings. The van der Waals surface area contributed by atoms with Gasteiger partial charge >= 0.3 is 0 Å². The summed E-state index contributed by atoms with van der Waals surface area (Å²) in [5.74, 6) is 0. The summed E-state index contributed by atoms with van der Waals surface area (Å²) >= 11 is 5.68. The molecule has 0 bridgehead atoms. The molecule has 0 radical (unpaired) electrons. The van der Waals surface area contributed by atoms with E-state index < -0.39 is 0 Å². The molecule has 0 aromatic carbocycles. The van der Waals surface area contributed by atoms with Crippen LogP contribution < -0.4 is 0 Å². The van der Waals surface area contributed by atoms with E-state index in [0.29, 0.717) is 5.15 Å². The highest BCUT2D eigenvalue weighted by molar-refractivity contribution is 6.29. The lowest BCUT2D eigenvalue weighted by Gasteiger charge is -2.15. The Kier molecular flexibility index (Phi) is 4.01. The number of aromatic nitrogens is 3. The van der Waals surface area contributed by atoms with Gasteiger partial charge in [0.2, 0.25) is 0 Å². The summed E-state index contributed by atoms with van der Waals surface area (Å²) in [6.45, 7) is 1.57. The summed E-state index contributed by atoms with van der Waals surface area (Å²) in [5, 5.41) is 8.26. The van der Waals surface area contributed by atoms with E-state index in [2.05, 4.69) is 26.1 Å². The van der Waals surface area contributed by atoms with Gasteiger partial charge in [-0.15, -0.1) is 5.10 Å². The summed E-state index contributed by atoms with van der Waals surface area (Å²) in [6.07, 6.45) is 3.64. The van der Waals surface area contributed by atoms with Crippen molar-refractivity contribution in [2.45, 2.75) is 13.1 Å². The summed E-state index contributed by atoms with van der Waals surface area (Å²) < 4.78 is 0. The zero-order valence-electron chi connectivity index (χ0n) is 9.55. The minimum absolute atomic E-state index is 0.420. The quantitative estimate of drug-likeness (QED) is 0.832. The molecular weight excluding hydrogens is 236 g/mol. The van der Waals surface area contributed by atoms with Crippen molar-refractivity contribution in [3.63, 3.8) is 0 Å². The van der Waals surface area contributed by atoms with Crippen molar-refractivity contribution in [1.82, 2.24) is 20.1 Å². The lowest BCUT2D eigenvalue weighted by atomic mass is 10.2. The van der Waals surface area contributed by atoms with Crippen LogP contribution in [0.2, 0.25) is 5.15 Å². The third-order valence-corrected chi connectivity index (χ3v) is 2.50. The van der Waals surface area contributed by atoms with Crippen molar-refractivity contribution >= 4 is 11.6 Å². The molecule has 2 heterocycles. The zero-order chi connectivity index (χ0) is 12.1. The highest BCUT2D eigenvalue weighted by Crippen LogP contribution is 2.07. The number of hydrogen-bond acceptors (Lipinski definition) is 4. The maximum absolute atomic E-state index is 5.68. The van der Waals surface area contributed by atoms with Crippen LogP contribution in [0, 0.1) is 0 Å². The molecule has 0 aliphatic heterocycles. The van der Waals surface area contributed by atoms with Gasteiger partial charge in [-0.3, -0.25) is 9.88 Å². The van der Waals surface area contributed by atoms with Gasteiger partial charge in [-0.1, -0.05) is 17.7 Å². The molecule has 0 spiro atoms. The first kappa shape index (κ1) is 12.0. The van der Waals surface area contributed by atoms with E-state index in [4.69, 9.17) is 11.6 Å². The number of nitrogens with zero attached hydrogens (tertiary/aromatic N) is 4. The molecule has 4 nitrogen and oxygen atoms in total. The average Bonchev–Trinajstić information content (AvgIpc) is 2.33.